The zero-order chi connectivity index (χ0) is 18.8. The molecule has 0 spiro atoms. The molecule has 2 aliphatic rings. The Morgan fingerprint density at radius 3 is 2.63 bits per heavy atom. The molecule has 1 aromatic carbocycles. The standard InChI is InChI=1S/C20H25N5O2/c1-27-17-7-10-24(11-8-17)16-4-2-14(3-5-16)19(26)25-9-6-15-12-22-20(21)23-18(15)13-25/h2-5,12,17H,6-11,13H2,1H3,(H2,21,22,23). The maximum atomic E-state index is 12.9. The summed E-state index contributed by atoms with van der Waals surface area (Å²) in [5, 5.41) is 0. The van der Waals surface area contributed by atoms with E-state index in [-0.39, 0.29) is 11.9 Å². The van der Waals surface area contributed by atoms with Gasteiger partial charge in [0.05, 0.1) is 18.3 Å². The highest BCUT2D eigenvalue weighted by atomic mass is 16.5. The summed E-state index contributed by atoms with van der Waals surface area (Å²) in [5.74, 6) is 0.284. The second-order valence-electron chi connectivity index (χ2n) is 7.15. The number of aromatic nitrogens is 2. The van der Waals surface area contributed by atoms with Crippen LogP contribution in [0.15, 0.2) is 30.5 Å². The third kappa shape index (κ3) is 3.73. The van der Waals surface area contributed by atoms with Gasteiger partial charge in [0.15, 0.2) is 0 Å². The molecule has 0 bridgehead atoms. The van der Waals surface area contributed by atoms with E-state index < -0.39 is 0 Å². The number of carbonyl (C=O) groups is 1. The molecule has 1 amide bonds. The molecule has 1 aromatic heterocycles. The van der Waals surface area contributed by atoms with Crippen molar-refractivity contribution in [3.63, 3.8) is 0 Å². The number of hydrogen-bond acceptors (Lipinski definition) is 6. The Labute approximate surface area is 159 Å². The zero-order valence-corrected chi connectivity index (χ0v) is 15.6. The molecule has 2 aliphatic heterocycles. The number of methoxy groups -OCH3 is 1. The van der Waals surface area contributed by atoms with E-state index in [9.17, 15) is 4.79 Å². The van der Waals surface area contributed by atoms with Crippen molar-refractivity contribution in [2.75, 3.05) is 37.4 Å². The van der Waals surface area contributed by atoms with E-state index in [1.54, 1.807) is 13.3 Å². The van der Waals surface area contributed by atoms with Crippen LogP contribution in [0.4, 0.5) is 11.6 Å². The molecule has 1 fully saturated rings. The lowest BCUT2D eigenvalue weighted by Gasteiger charge is -2.33. The molecule has 27 heavy (non-hydrogen) atoms. The van der Waals surface area contributed by atoms with Crippen molar-refractivity contribution in [3.05, 3.63) is 47.3 Å². The van der Waals surface area contributed by atoms with E-state index in [2.05, 4.69) is 14.9 Å². The Bertz CT molecular complexity index is 816. The fourth-order valence-electron chi connectivity index (χ4n) is 3.84. The largest absolute Gasteiger partial charge is 0.381 e. The minimum atomic E-state index is 0.0301. The first-order valence-corrected chi connectivity index (χ1v) is 9.41. The van der Waals surface area contributed by atoms with Crippen LogP contribution < -0.4 is 10.6 Å². The van der Waals surface area contributed by atoms with Gasteiger partial charge in [-0.1, -0.05) is 0 Å². The average molecular weight is 367 g/mol. The van der Waals surface area contributed by atoms with E-state index in [4.69, 9.17) is 10.5 Å². The molecule has 142 valence electrons. The van der Waals surface area contributed by atoms with Crippen LogP contribution in [0.5, 0.6) is 0 Å². The number of rotatable bonds is 3. The van der Waals surface area contributed by atoms with Gasteiger partial charge < -0.3 is 20.3 Å². The number of amides is 1. The minimum Gasteiger partial charge on any atom is -0.381 e. The molecule has 0 saturated carbocycles. The van der Waals surface area contributed by atoms with Crippen molar-refractivity contribution in [2.45, 2.75) is 31.9 Å². The number of carbonyl (C=O) groups excluding carboxylic acids is 1. The van der Waals surface area contributed by atoms with Crippen molar-refractivity contribution in [1.29, 1.82) is 0 Å². The van der Waals surface area contributed by atoms with Gasteiger partial charge in [0.25, 0.3) is 5.91 Å². The van der Waals surface area contributed by atoms with Crippen LogP contribution in [0.3, 0.4) is 0 Å². The fourth-order valence-corrected chi connectivity index (χ4v) is 3.84. The first-order valence-electron chi connectivity index (χ1n) is 9.41. The molecule has 0 radical (unpaired) electrons. The van der Waals surface area contributed by atoms with E-state index in [0.717, 1.165) is 49.3 Å². The lowest BCUT2D eigenvalue weighted by Crippen LogP contribution is -2.37. The lowest BCUT2D eigenvalue weighted by atomic mass is 10.0. The van der Waals surface area contributed by atoms with Gasteiger partial charge in [-0.15, -0.1) is 0 Å². The quantitative estimate of drug-likeness (QED) is 0.892. The van der Waals surface area contributed by atoms with Crippen molar-refractivity contribution in [2.24, 2.45) is 0 Å². The summed E-state index contributed by atoms with van der Waals surface area (Å²) in [6.45, 7) is 3.12. The van der Waals surface area contributed by atoms with Crippen LogP contribution in [-0.4, -0.2) is 53.6 Å². The molecule has 0 unspecified atom stereocenters. The number of nitrogens with two attached hydrogens (primary N) is 1. The van der Waals surface area contributed by atoms with Crippen LogP contribution >= 0.6 is 0 Å². The van der Waals surface area contributed by atoms with E-state index in [1.807, 2.05) is 29.2 Å². The highest BCUT2D eigenvalue weighted by Crippen LogP contribution is 2.23. The molecule has 0 aliphatic carbocycles. The highest BCUT2D eigenvalue weighted by molar-refractivity contribution is 5.94. The summed E-state index contributed by atoms with van der Waals surface area (Å²) in [4.78, 5) is 25.4. The lowest BCUT2D eigenvalue weighted by molar-refractivity contribution is 0.0731. The van der Waals surface area contributed by atoms with Crippen LogP contribution in [0.1, 0.15) is 34.5 Å². The van der Waals surface area contributed by atoms with Crippen molar-refractivity contribution in [3.8, 4) is 0 Å². The van der Waals surface area contributed by atoms with Gasteiger partial charge in [0.1, 0.15) is 0 Å². The predicted octanol–water partition coefficient (Wildman–Crippen LogP) is 1.87. The number of hydrogen-bond donors (Lipinski definition) is 1. The number of ether oxygens (including phenoxy) is 1. The molecule has 3 heterocycles. The number of fused-ring (bicyclic) bond motifs is 1. The highest BCUT2D eigenvalue weighted by Gasteiger charge is 2.24. The van der Waals surface area contributed by atoms with Crippen LogP contribution in [0.25, 0.3) is 0 Å². The van der Waals surface area contributed by atoms with Crippen molar-refractivity contribution in [1.82, 2.24) is 14.9 Å². The molecule has 0 atom stereocenters. The Morgan fingerprint density at radius 1 is 1.19 bits per heavy atom. The summed E-state index contributed by atoms with van der Waals surface area (Å²) in [6, 6.07) is 7.92. The average Bonchev–Trinajstić information content (AvgIpc) is 2.73. The maximum Gasteiger partial charge on any atom is 0.254 e. The fraction of sp³-hybridized carbons (Fsp3) is 0.450. The topological polar surface area (TPSA) is 84.6 Å². The van der Waals surface area contributed by atoms with Crippen LogP contribution in [-0.2, 0) is 17.7 Å². The molecule has 7 nitrogen and oxygen atoms in total. The van der Waals surface area contributed by atoms with Crippen molar-refractivity contribution >= 4 is 17.5 Å². The summed E-state index contributed by atoms with van der Waals surface area (Å²) in [5.41, 5.74) is 9.46. The second kappa shape index (κ2) is 7.52. The van der Waals surface area contributed by atoms with Crippen LogP contribution in [0, 0.1) is 0 Å². The second-order valence-corrected chi connectivity index (χ2v) is 7.15. The van der Waals surface area contributed by atoms with Gasteiger partial charge in [0, 0.05) is 44.2 Å². The Hall–Kier alpha value is -2.67. The first-order chi connectivity index (χ1) is 13.1. The predicted molar refractivity (Wildman–Crippen MR) is 104 cm³/mol. The number of anilines is 2. The molecule has 2 aromatic rings. The number of piperidine rings is 1. The SMILES string of the molecule is COC1CCN(c2ccc(C(=O)N3CCc4cnc(N)nc4C3)cc2)CC1. The van der Waals surface area contributed by atoms with E-state index in [1.165, 1.54) is 0 Å². The monoisotopic (exact) mass is 367 g/mol. The Morgan fingerprint density at radius 2 is 1.93 bits per heavy atom. The van der Waals surface area contributed by atoms with Gasteiger partial charge in [0.2, 0.25) is 5.95 Å². The summed E-state index contributed by atoms with van der Waals surface area (Å²) >= 11 is 0. The minimum absolute atomic E-state index is 0.0301. The first kappa shape index (κ1) is 17.7. The van der Waals surface area contributed by atoms with Gasteiger partial charge in [-0.25, -0.2) is 9.97 Å². The van der Waals surface area contributed by atoms with E-state index in [0.29, 0.717) is 24.8 Å². The smallest absolute Gasteiger partial charge is 0.254 e. The number of benzene rings is 1. The van der Waals surface area contributed by atoms with Gasteiger partial charge >= 0.3 is 0 Å². The maximum absolute atomic E-state index is 12.9. The Kier molecular flexibility index (Phi) is 4.94. The molecule has 7 heteroatoms. The van der Waals surface area contributed by atoms with Gasteiger partial charge in [-0.05, 0) is 49.1 Å². The molecule has 4 rings (SSSR count). The Balaban J connectivity index is 1.42. The summed E-state index contributed by atoms with van der Waals surface area (Å²) in [7, 11) is 1.78. The van der Waals surface area contributed by atoms with Gasteiger partial charge in [-0.3, -0.25) is 4.79 Å². The summed E-state index contributed by atoms with van der Waals surface area (Å²) < 4.78 is 5.43. The van der Waals surface area contributed by atoms with Gasteiger partial charge in [-0.2, -0.15) is 0 Å². The zero-order valence-electron chi connectivity index (χ0n) is 15.6. The summed E-state index contributed by atoms with van der Waals surface area (Å²) in [6.07, 6.45) is 4.96. The third-order valence-electron chi connectivity index (χ3n) is 5.51. The normalized spacial score (nSPS) is 17.7. The number of nitrogen functional groups attached to an aromatic ring is 1. The molecule has 1 saturated heterocycles. The molecule has 2 N–H and O–H groups in total. The van der Waals surface area contributed by atoms with Crippen molar-refractivity contribution < 1.29 is 9.53 Å². The van der Waals surface area contributed by atoms with Crippen LogP contribution in [0.2, 0.25) is 0 Å². The molecular weight excluding hydrogens is 342 g/mol. The number of nitrogens with zero attached hydrogens (tertiary/aromatic N) is 4. The molecular formula is C20H25N5O2. The van der Waals surface area contributed by atoms with E-state index >= 15 is 0 Å². The third-order valence-corrected chi connectivity index (χ3v) is 5.51.